The Morgan fingerprint density at radius 3 is 2.48 bits per heavy atom. The summed E-state index contributed by atoms with van der Waals surface area (Å²) in [6, 6.07) is 5.00. The Kier molecular flexibility index (Phi) is 4.88. The summed E-state index contributed by atoms with van der Waals surface area (Å²) in [6.45, 7) is 4.08. The van der Waals surface area contributed by atoms with Crippen LogP contribution in [0.25, 0.3) is 0 Å². The van der Waals surface area contributed by atoms with E-state index in [2.05, 4.69) is 21.2 Å². The van der Waals surface area contributed by atoms with Crippen molar-refractivity contribution >= 4 is 33.6 Å². The Morgan fingerprint density at radius 1 is 1.29 bits per heavy atom. The smallest absolute Gasteiger partial charge is 0.336 e. The van der Waals surface area contributed by atoms with Gasteiger partial charge >= 0.3 is 12.0 Å². The molecule has 0 aliphatic carbocycles. The van der Waals surface area contributed by atoms with Crippen LogP contribution in [-0.2, 0) is 0 Å². The van der Waals surface area contributed by atoms with Crippen LogP contribution in [0.15, 0.2) is 22.7 Å². The monoisotopic (exact) mass is 354 g/mol. The molecule has 0 aromatic heterocycles. The second kappa shape index (κ2) is 6.47. The Hall–Kier alpha value is -1.56. The first-order chi connectivity index (χ1) is 9.90. The summed E-state index contributed by atoms with van der Waals surface area (Å²) in [6.07, 6.45) is 3.13. The average molecular weight is 355 g/mol. The van der Waals surface area contributed by atoms with E-state index < -0.39 is 5.97 Å². The first kappa shape index (κ1) is 15.8. The number of rotatable bonds is 2. The molecule has 1 heterocycles. The van der Waals surface area contributed by atoms with Gasteiger partial charge in [0.05, 0.1) is 5.56 Å². The molecule has 21 heavy (non-hydrogen) atoms. The van der Waals surface area contributed by atoms with Crippen molar-refractivity contribution in [2.45, 2.75) is 45.2 Å². The van der Waals surface area contributed by atoms with E-state index in [0.717, 1.165) is 19.3 Å². The number of amides is 2. The number of urea groups is 1. The van der Waals surface area contributed by atoms with Gasteiger partial charge in [0.2, 0.25) is 0 Å². The van der Waals surface area contributed by atoms with E-state index in [-0.39, 0.29) is 23.7 Å². The summed E-state index contributed by atoms with van der Waals surface area (Å²) in [5.41, 5.74) is 0.623. The van der Waals surface area contributed by atoms with Gasteiger partial charge in [-0.1, -0.05) is 0 Å². The summed E-state index contributed by atoms with van der Waals surface area (Å²) >= 11 is 3.19. The number of aromatic carboxylic acids is 1. The quantitative estimate of drug-likeness (QED) is 0.844. The number of likely N-dealkylation sites (tertiary alicyclic amines) is 1. The van der Waals surface area contributed by atoms with Crippen LogP contribution in [0, 0.1) is 0 Å². The fourth-order valence-corrected chi connectivity index (χ4v) is 3.19. The van der Waals surface area contributed by atoms with E-state index >= 15 is 0 Å². The molecule has 1 aromatic carbocycles. The highest BCUT2D eigenvalue weighted by Crippen LogP contribution is 2.25. The number of hydrogen-bond acceptors (Lipinski definition) is 2. The van der Waals surface area contributed by atoms with Gasteiger partial charge in [-0.25, -0.2) is 9.59 Å². The third-order valence-corrected chi connectivity index (χ3v) is 4.57. The SMILES string of the molecule is C[C@@H]1CCC[C@H](C)N1C(=O)Nc1ccc(Br)c(C(=O)O)c1. The first-order valence-electron chi connectivity index (χ1n) is 7.02. The first-order valence-corrected chi connectivity index (χ1v) is 7.81. The number of carbonyl (C=O) groups is 2. The lowest BCUT2D eigenvalue weighted by atomic mass is 9.98. The number of nitrogens with one attached hydrogen (secondary N) is 1. The van der Waals surface area contributed by atoms with Crippen molar-refractivity contribution < 1.29 is 14.7 Å². The lowest BCUT2D eigenvalue weighted by molar-refractivity contribution is 0.0695. The van der Waals surface area contributed by atoms with E-state index in [0.29, 0.717) is 10.2 Å². The van der Waals surface area contributed by atoms with Crippen molar-refractivity contribution in [3.8, 4) is 0 Å². The van der Waals surface area contributed by atoms with Gasteiger partial charge < -0.3 is 15.3 Å². The summed E-state index contributed by atoms with van der Waals surface area (Å²) in [5.74, 6) is -1.03. The van der Waals surface area contributed by atoms with Gasteiger partial charge in [-0.2, -0.15) is 0 Å². The Balaban J connectivity index is 2.15. The maximum Gasteiger partial charge on any atom is 0.336 e. The standard InChI is InChI=1S/C15H19BrN2O3/c1-9-4-3-5-10(2)18(9)15(21)17-11-6-7-13(16)12(8-11)14(19)20/h6-10H,3-5H2,1-2H3,(H,17,21)(H,19,20)/t9-,10+. The van der Waals surface area contributed by atoms with Gasteiger partial charge in [-0.05, 0) is 67.2 Å². The molecule has 0 spiro atoms. The second-order valence-electron chi connectivity index (χ2n) is 5.47. The number of carboxylic acids is 1. The summed E-state index contributed by atoms with van der Waals surface area (Å²) in [4.78, 5) is 25.4. The number of nitrogens with zero attached hydrogens (tertiary/aromatic N) is 1. The van der Waals surface area contributed by atoms with Crippen LogP contribution >= 0.6 is 15.9 Å². The highest BCUT2D eigenvalue weighted by Gasteiger charge is 2.29. The normalized spacial score (nSPS) is 22.0. The minimum Gasteiger partial charge on any atom is -0.478 e. The summed E-state index contributed by atoms with van der Waals surface area (Å²) < 4.78 is 0.493. The number of halogens is 1. The fourth-order valence-electron chi connectivity index (χ4n) is 2.78. The van der Waals surface area contributed by atoms with Crippen LogP contribution in [0.1, 0.15) is 43.5 Å². The molecule has 1 aliphatic heterocycles. The lowest BCUT2D eigenvalue weighted by Gasteiger charge is -2.38. The molecule has 1 aliphatic rings. The predicted molar refractivity (Wildman–Crippen MR) is 84.7 cm³/mol. The Bertz CT molecular complexity index is 552. The van der Waals surface area contributed by atoms with Gasteiger partial charge in [0.25, 0.3) is 0 Å². The molecule has 1 fully saturated rings. The molecule has 2 N–H and O–H groups in total. The molecule has 114 valence electrons. The molecule has 0 bridgehead atoms. The largest absolute Gasteiger partial charge is 0.478 e. The molecular weight excluding hydrogens is 336 g/mol. The van der Waals surface area contributed by atoms with E-state index in [9.17, 15) is 9.59 Å². The summed E-state index contributed by atoms with van der Waals surface area (Å²) in [5, 5.41) is 11.9. The molecule has 2 atom stereocenters. The third kappa shape index (κ3) is 3.56. The topological polar surface area (TPSA) is 69.6 Å². The van der Waals surface area contributed by atoms with Gasteiger partial charge in [0.15, 0.2) is 0 Å². The molecule has 5 nitrogen and oxygen atoms in total. The molecule has 2 amide bonds. The van der Waals surface area contributed by atoms with E-state index in [1.807, 2.05) is 18.7 Å². The molecule has 6 heteroatoms. The van der Waals surface area contributed by atoms with Crippen molar-refractivity contribution in [3.05, 3.63) is 28.2 Å². The van der Waals surface area contributed by atoms with Crippen LogP contribution < -0.4 is 5.32 Å². The van der Waals surface area contributed by atoms with E-state index in [4.69, 9.17) is 5.11 Å². The van der Waals surface area contributed by atoms with Crippen LogP contribution in [-0.4, -0.2) is 34.1 Å². The fraction of sp³-hybridized carbons (Fsp3) is 0.467. The molecular formula is C15H19BrN2O3. The minimum absolute atomic E-state index is 0.132. The molecule has 0 saturated carbocycles. The van der Waals surface area contributed by atoms with Crippen LogP contribution in [0.3, 0.4) is 0 Å². The van der Waals surface area contributed by atoms with Crippen molar-refractivity contribution in [1.29, 1.82) is 0 Å². The van der Waals surface area contributed by atoms with Crippen LogP contribution in [0.5, 0.6) is 0 Å². The molecule has 0 radical (unpaired) electrons. The van der Waals surface area contributed by atoms with Gasteiger partial charge in [-0.3, -0.25) is 0 Å². The Labute approximate surface area is 132 Å². The van der Waals surface area contributed by atoms with Crippen molar-refractivity contribution in [1.82, 2.24) is 4.90 Å². The highest BCUT2D eigenvalue weighted by atomic mass is 79.9. The highest BCUT2D eigenvalue weighted by molar-refractivity contribution is 9.10. The van der Waals surface area contributed by atoms with Gasteiger partial charge in [0, 0.05) is 22.2 Å². The number of anilines is 1. The van der Waals surface area contributed by atoms with Gasteiger partial charge in [0.1, 0.15) is 0 Å². The second-order valence-corrected chi connectivity index (χ2v) is 6.32. The van der Waals surface area contributed by atoms with Crippen molar-refractivity contribution in [2.24, 2.45) is 0 Å². The molecule has 1 saturated heterocycles. The van der Waals surface area contributed by atoms with E-state index in [1.54, 1.807) is 12.1 Å². The predicted octanol–water partition coefficient (Wildman–Crippen LogP) is 3.94. The van der Waals surface area contributed by atoms with Crippen LogP contribution in [0.2, 0.25) is 0 Å². The van der Waals surface area contributed by atoms with Crippen molar-refractivity contribution in [3.63, 3.8) is 0 Å². The Morgan fingerprint density at radius 2 is 1.90 bits per heavy atom. The van der Waals surface area contributed by atoms with E-state index in [1.165, 1.54) is 6.07 Å². The number of carbonyl (C=O) groups excluding carboxylic acids is 1. The van der Waals surface area contributed by atoms with Gasteiger partial charge in [-0.15, -0.1) is 0 Å². The number of carboxylic acid groups (broad SMARTS) is 1. The maximum atomic E-state index is 12.4. The molecule has 2 rings (SSSR count). The summed E-state index contributed by atoms with van der Waals surface area (Å²) in [7, 11) is 0. The number of hydrogen-bond donors (Lipinski definition) is 2. The zero-order valence-corrected chi connectivity index (χ0v) is 13.7. The average Bonchev–Trinajstić information content (AvgIpc) is 2.40. The molecule has 1 aromatic rings. The lowest BCUT2D eigenvalue weighted by Crippen LogP contribution is -2.49. The number of piperidine rings is 1. The van der Waals surface area contributed by atoms with Crippen LogP contribution in [0.4, 0.5) is 10.5 Å². The number of benzene rings is 1. The molecule has 0 unspecified atom stereocenters. The maximum absolute atomic E-state index is 12.4. The third-order valence-electron chi connectivity index (χ3n) is 3.88. The zero-order chi connectivity index (χ0) is 15.6. The minimum atomic E-state index is -1.03. The zero-order valence-electron chi connectivity index (χ0n) is 12.1. The van der Waals surface area contributed by atoms with Crippen molar-refractivity contribution in [2.75, 3.05) is 5.32 Å².